The Morgan fingerprint density at radius 2 is 1.83 bits per heavy atom. The third-order valence-corrected chi connectivity index (χ3v) is 4.12. The molecule has 1 N–H and O–H groups in total. The van der Waals surface area contributed by atoms with Crippen molar-refractivity contribution in [3.8, 4) is 5.75 Å². The summed E-state index contributed by atoms with van der Waals surface area (Å²) < 4.78 is 6.65. The number of carboxylic acids is 1. The second kappa shape index (κ2) is 5.74. The standard InChI is InChI=1S/C14H17BrO3/c15-11-4-6-12(7-5-11)18-10-14(13(16)17)8-2-1-3-9-14/h4-7H,1-3,8-10H2,(H,16,17). The SMILES string of the molecule is O=C(O)C1(COc2ccc(Br)cc2)CCCCC1. The highest BCUT2D eigenvalue weighted by atomic mass is 79.9. The van der Waals surface area contributed by atoms with Gasteiger partial charge in [-0.05, 0) is 37.1 Å². The molecule has 1 aliphatic rings. The number of hydrogen-bond acceptors (Lipinski definition) is 2. The Balaban J connectivity index is 2.01. The molecule has 0 aliphatic heterocycles. The van der Waals surface area contributed by atoms with Gasteiger partial charge in [-0.25, -0.2) is 0 Å². The summed E-state index contributed by atoms with van der Waals surface area (Å²) in [6.07, 6.45) is 4.54. The third kappa shape index (κ3) is 3.05. The fourth-order valence-corrected chi connectivity index (χ4v) is 2.67. The Kier molecular flexibility index (Phi) is 4.27. The van der Waals surface area contributed by atoms with Crippen molar-refractivity contribution >= 4 is 21.9 Å². The van der Waals surface area contributed by atoms with Crippen LogP contribution < -0.4 is 4.74 Å². The van der Waals surface area contributed by atoms with Crippen LogP contribution >= 0.6 is 15.9 Å². The van der Waals surface area contributed by atoms with E-state index in [0.717, 1.165) is 42.3 Å². The lowest BCUT2D eigenvalue weighted by Gasteiger charge is -2.32. The zero-order valence-electron chi connectivity index (χ0n) is 10.2. The van der Waals surface area contributed by atoms with E-state index in [1.165, 1.54) is 0 Å². The number of benzene rings is 1. The van der Waals surface area contributed by atoms with Crippen LogP contribution in [0.3, 0.4) is 0 Å². The number of ether oxygens (including phenoxy) is 1. The molecule has 98 valence electrons. The molecule has 3 nitrogen and oxygen atoms in total. The van der Waals surface area contributed by atoms with E-state index in [1.807, 2.05) is 24.3 Å². The molecule has 0 unspecified atom stereocenters. The zero-order valence-corrected chi connectivity index (χ0v) is 11.8. The Bertz CT molecular complexity index is 408. The molecule has 18 heavy (non-hydrogen) atoms. The minimum Gasteiger partial charge on any atom is -0.492 e. The molecule has 0 amide bonds. The van der Waals surface area contributed by atoms with Gasteiger partial charge in [-0.1, -0.05) is 35.2 Å². The van der Waals surface area contributed by atoms with E-state index in [9.17, 15) is 9.90 Å². The Labute approximate surface area is 115 Å². The maximum Gasteiger partial charge on any atom is 0.313 e. The number of carboxylic acid groups (broad SMARTS) is 1. The lowest BCUT2D eigenvalue weighted by Crippen LogP contribution is -2.38. The predicted molar refractivity (Wildman–Crippen MR) is 72.8 cm³/mol. The van der Waals surface area contributed by atoms with Gasteiger partial charge in [0.05, 0.1) is 0 Å². The van der Waals surface area contributed by atoms with Crippen LogP contribution in [0.25, 0.3) is 0 Å². The van der Waals surface area contributed by atoms with E-state index >= 15 is 0 Å². The average Bonchev–Trinajstić information content (AvgIpc) is 2.39. The molecular formula is C14H17BrO3. The second-order valence-electron chi connectivity index (χ2n) is 4.89. The van der Waals surface area contributed by atoms with Gasteiger partial charge in [0, 0.05) is 4.47 Å². The van der Waals surface area contributed by atoms with Crippen LogP contribution in [-0.2, 0) is 4.79 Å². The highest BCUT2D eigenvalue weighted by Gasteiger charge is 2.40. The Morgan fingerprint density at radius 1 is 1.22 bits per heavy atom. The number of halogens is 1. The van der Waals surface area contributed by atoms with E-state index in [4.69, 9.17) is 4.74 Å². The summed E-state index contributed by atoms with van der Waals surface area (Å²) in [6, 6.07) is 7.48. The van der Waals surface area contributed by atoms with E-state index in [-0.39, 0.29) is 6.61 Å². The molecule has 1 saturated carbocycles. The molecule has 1 aromatic carbocycles. The fraction of sp³-hybridized carbons (Fsp3) is 0.500. The van der Waals surface area contributed by atoms with Gasteiger partial charge in [-0.2, -0.15) is 0 Å². The topological polar surface area (TPSA) is 46.5 Å². The number of rotatable bonds is 4. The van der Waals surface area contributed by atoms with E-state index < -0.39 is 11.4 Å². The van der Waals surface area contributed by atoms with Crippen molar-refractivity contribution in [3.63, 3.8) is 0 Å². The van der Waals surface area contributed by atoms with Gasteiger partial charge in [-0.15, -0.1) is 0 Å². The molecule has 1 aliphatic carbocycles. The van der Waals surface area contributed by atoms with Crippen molar-refractivity contribution in [1.29, 1.82) is 0 Å². The van der Waals surface area contributed by atoms with E-state index in [1.54, 1.807) is 0 Å². The van der Waals surface area contributed by atoms with Crippen LogP contribution in [0.1, 0.15) is 32.1 Å². The minimum absolute atomic E-state index is 0.268. The van der Waals surface area contributed by atoms with E-state index in [0.29, 0.717) is 0 Å². The van der Waals surface area contributed by atoms with Crippen molar-refractivity contribution < 1.29 is 14.6 Å². The van der Waals surface area contributed by atoms with Gasteiger partial charge in [0.15, 0.2) is 0 Å². The summed E-state index contributed by atoms with van der Waals surface area (Å²) in [5, 5.41) is 9.42. The number of hydrogen-bond donors (Lipinski definition) is 1. The summed E-state index contributed by atoms with van der Waals surface area (Å²) >= 11 is 3.36. The van der Waals surface area contributed by atoms with Gasteiger partial charge in [0.1, 0.15) is 17.8 Å². The first kappa shape index (κ1) is 13.4. The first-order valence-electron chi connectivity index (χ1n) is 6.24. The van der Waals surface area contributed by atoms with Crippen molar-refractivity contribution in [1.82, 2.24) is 0 Å². The molecule has 0 saturated heterocycles. The molecule has 2 rings (SSSR count). The average molecular weight is 313 g/mol. The molecule has 0 bridgehead atoms. The largest absolute Gasteiger partial charge is 0.492 e. The van der Waals surface area contributed by atoms with Crippen LogP contribution in [0.2, 0.25) is 0 Å². The van der Waals surface area contributed by atoms with Crippen LogP contribution in [0.5, 0.6) is 5.75 Å². The van der Waals surface area contributed by atoms with Gasteiger partial charge >= 0.3 is 5.97 Å². The minimum atomic E-state index is -0.723. The van der Waals surface area contributed by atoms with Gasteiger partial charge in [0.2, 0.25) is 0 Å². The summed E-state index contributed by atoms with van der Waals surface area (Å²) in [7, 11) is 0. The monoisotopic (exact) mass is 312 g/mol. The molecule has 1 aromatic rings. The zero-order chi connectivity index (χ0) is 13.0. The summed E-state index contributed by atoms with van der Waals surface area (Å²) in [5.74, 6) is 0.00344. The van der Waals surface area contributed by atoms with Crippen molar-refractivity contribution in [2.45, 2.75) is 32.1 Å². The van der Waals surface area contributed by atoms with Crippen molar-refractivity contribution in [2.24, 2.45) is 5.41 Å². The third-order valence-electron chi connectivity index (χ3n) is 3.59. The number of aliphatic carboxylic acids is 1. The first-order valence-corrected chi connectivity index (χ1v) is 7.03. The molecule has 0 aromatic heterocycles. The lowest BCUT2D eigenvalue weighted by molar-refractivity contribution is -0.153. The molecule has 4 heteroatoms. The number of carbonyl (C=O) groups is 1. The Hall–Kier alpha value is -1.03. The molecule has 0 radical (unpaired) electrons. The molecule has 0 heterocycles. The lowest BCUT2D eigenvalue weighted by atomic mass is 9.75. The molecule has 0 atom stereocenters. The smallest absolute Gasteiger partial charge is 0.313 e. The van der Waals surface area contributed by atoms with Gasteiger partial charge in [-0.3, -0.25) is 4.79 Å². The van der Waals surface area contributed by atoms with Gasteiger partial charge in [0.25, 0.3) is 0 Å². The maximum atomic E-state index is 11.5. The second-order valence-corrected chi connectivity index (χ2v) is 5.80. The van der Waals surface area contributed by atoms with E-state index in [2.05, 4.69) is 15.9 Å². The molecule has 0 spiro atoms. The summed E-state index contributed by atoms with van der Waals surface area (Å²) in [6.45, 7) is 0.268. The highest BCUT2D eigenvalue weighted by molar-refractivity contribution is 9.10. The normalized spacial score (nSPS) is 18.3. The summed E-state index contributed by atoms with van der Waals surface area (Å²) in [4.78, 5) is 11.5. The van der Waals surface area contributed by atoms with Crippen molar-refractivity contribution in [2.75, 3.05) is 6.61 Å². The predicted octanol–water partition coefficient (Wildman–Crippen LogP) is 3.86. The maximum absolute atomic E-state index is 11.5. The molecule has 1 fully saturated rings. The summed E-state index contributed by atoms with van der Waals surface area (Å²) in [5.41, 5.74) is -0.689. The van der Waals surface area contributed by atoms with Gasteiger partial charge < -0.3 is 9.84 Å². The van der Waals surface area contributed by atoms with Crippen LogP contribution in [-0.4, -0.2) is 17.7 Å². The van der Waals surface area contributed by atoms with Crippen LogP contribution in [0, 0.1) is 5.41 Å². The Morgan fingerprint density at radius 3 is 2.39 bits per heavy atom. The van der Waals surface area contributed by atoms with Crippen LogP contribution in [0.4, 0.5) is 0 Å². The van der Waals surface area contributed by atoms with Crippen molar-refractivity contribution in [3.05, 3.63) is 28.7 Å². The highest BCUT2D eigenvalue weighted by Crippen LogP contribution is 2.37. The quantitative estimate of drug-likeness (QED) is 0.918. The van der Waals surface area contributed by atoms with Crippen LogP contribution in [0.15, 0.2) is 28.7 Å². The first-order chi connectivity index (χ1) is 8.62. The fourth-order valence-electron chi connectivity index (χ4n) is 2.40. The molecular weight excluding hydrogens is 296 g/mol.